The minimum Gasteiger partial charge on any atom is -0.366 e. The fraction of sp³-hybridized carbons (Fsp3) is 0. The summed E-state index contributed by atoms with van der Waals surface area (Å²) in [7, 11) is 0. The standard InChI is InChI=1S/C16H12N4O2/c17-15(21)11-5-6-18-14(8-11)20-16(22)13-7-10-3-1-2-4-12(10)9-19-13/h1-9H,(H2,17,21)(H,18,20,22). The fourth-order valence-corrected chi connectivity index (χ4v) is 2.04. The van der Waals surface area contributed by atoms with Gasteiger partial charge in [-0.1, -0.05) is 24.3 Å². The van der Waals surface area contributed by atoms with E-state index >= 15 is 0 Å². The first-order valence-corrected chi connectivity index (χ1v) is 6.55. The molecule has 6 heteroatoms. The van der Waals surface area contributed by atoms with Crippen molar-refractivity contribution in [1.82, 2.24) is 9.97 Å². The lowest BCUT2D eigenvalue weighted by molar-refractivity contribution is 0.0995. The van der Waals surface area contributed by atoms with E-state index in [-0.39, 0.29) is 17.1 Å². The Morgan fingerprint density at radius 3 is 2.55 bits per heavy atom. The quantitative estimate of drug-likeness (QED) is 0.771. The monoisotopic (exact) mass is 292 g/mol. The molecule has 3 rings (SSSR count). The molecule has 3 N–H and O–H groups in total. The van der Waals surface area contributed by atoms with Crippen molar-refractivity contribution in [2.75, 3.05) is 5.32 Å². The van der Waals surface area contributed by atoms with E-state index in [1.807, 2.05) is 24.3 Å². The number of benzene rings is 1. The third-order valence-corrected chi connectivity index (χ3v) is 3.15. The van der Waals surface area contributed by atoms with Crippen LogP contribution in [0.5, 0.6) is 0 Å². The van der Waals surface area contributed by atoms with Crippen LogP contribution in [-0.2, 0) is 0 Å². The number of primary amides is 1. The number of nitrogens with two attached hydrogens (primary N) is 1. The summed E-state index contributed by atoms with van der Waals surface area (Å²) in [6, 6.07) is 12.2. The summed E-state index contributed by atoms with van der Waals surface area (Å²) >= 11 is 0. The van der Waals surface area contributed by atoms with E-state index in [1.165, 1.54) is 18.3 Å². The summed E-state index contributed by atoms with van der Waals surface area (Å²) in [6.45, 7) is 0. The van der Waals surface area contributed by atoms with E-state index in [0.717, 1.165) is 10.8 Å². The summed E-state index contributed by atoms with van der Waals surface area (Å²) in [5.41, 5.74) is 5.74. The Morgan fingerprint density at radius 2 is 1.77 bits per heavy atom. The number of carbonyl (C=O) groups is 2. The van der Waals surface area contributed by atoms with Crippen LogP contribution in [0.15, 0.2) is 54.9 Å². The van der Waals surface area contributed by atoms with Crippen LogP contribution in [0, 0.1) is 0 Å². The van der Waals surface area contributed by atoms with Crippen LogP contribution in [0.1, 0.15) is 20.8 Å². The Bertz CT molecular complexity index is 877. The molecule has 0 saturated heterocycles. The van der Waals surface area contributed by atoms with Crippen molar-refractivity contribution in [3.05, 3.63) is 66.1 Å². The second-order valence-electron chi connectivity index (χ2n) is 4.66. The molecule has 0 unspecified atom stereocenters. The van der Waals surface area contributed by atoms with Crippen LogP contribution in [0.4, 0.5) is 5.82 Å². The molecule has 0 bridgehead atoms. The molecule has 0 aliphatic carbocycles. The molecule has 0 saturated carbocycles. The van der Waals surface area contributed by atoms with Crippen molar-refractivity contribution in [1.29, 1.82) is 0 Å². The van der Waals surface area contributed by atoms with Crippen LogP contribution < -0.4 is 11.1 Å². The molecule has 1 aromatic carbocycles. The van der Waals surface area contributed by atoms with Gasteiger partial charge in [-0.05, 0) is 23.6 Å². The number of rotatable bonds is 3. The van der Waals surface area contributed by atoms with Gasteiger partial charge in [0.25, 0.3) is 5.91 Å². The zero-order valence-corrected chi connectivity index (χ0v) is 11.5. The van der Waals surface area contributed by atoms with E-state index in [9.17, 15) is 9.59 Å². The number of aromatic nitrogens is 2. The highest BCUT2D eigenvalue weighted by Gasteiger charge is 2.10. The van der Waals surface area contributed by atoms with Gasteiger partial charge in [0.05, 0.1) is 0 Å². The summed E-state index contributed by atoms with van der Waals surface area (Å²) in [5, 5.41) is 4.47. The molecule has 0 spiro atoms. The molecule has 0 aliphatic heterocycles. The molecule has 2 amide bonds. The number of hydrogen-bond donors (Lipinski definition) is 2. The molecule has 3 aromatic rings. The highest BCUT2D eigenvalue weighted by atomic mass is 16.2. The molecular formula is C16H12N4O2. The second kappa shape index (κ2) is 5.61. The minimum absolute atomic E-state index is 0.247. The summed E-state index contributed by atoms with van der Waals surface area (Å²) in [4.78, 5) is 31.4. The predicted octanol–water partition coefficient (Wildman–Crippen LogP) is 1.98. The highest BCUT2D eigenvalue weighted by Crippen LogP contribution is 2.14. The number of nitrogens with one attached hydrogen (secondary N) is 1. The van der Waals surface area contributed by atoms with Gasteiger partial charge in [-0.2, -0.15) is 0 Å². The summed E-state index contributed by atoms with van der Waals surface area (Å²) < 4.78 is 0. The third kappa shape index (κ3) is 2.76. The minimum atomic E-state index is -0.582. The van der Waals surface area contributed by atoms with Gasteiger partial charge < -0.3 is 11.1 Å². The number of fused-ring (bicyclic) bond motifs is 1. The second-order valence-corrected chi connectivity index (χ2v) is 4.66. The molecule has 2 heterocycles. The van der Waals surface area contributed by atoms with Gasteiger partial charge in [0.1, 0.15) is 11.5 Å². The Kier molecular flexibility index (Phi) is 3.49. The largest absolute Gasteiger partial charge is 0.366 e. The number of carbonyl (C=O) groups excluding carboxylic acids is 2. The Hall–Kier alpha value is -3.28. The molecule has 108 valence electrons. The van der Waals surface area contributed by atoms with Crippen LogP contribution in [0.3, 0.4) is 0 Å². The number of anilines is 1. The van der Waals surface area contributed by atoms with Gasteiger partial charge in [-0.15, -0.1) is 0 Å². The van der Waals surface area contributed by atoms with Crippen LogP contribution in [-0.4, -0.2) is 21.8 Å². The first-order chi connectivity index (χ1) is 10.6. The zero-order valence-electron chi connectivity index (χ0n) is 11.5. The normalized spacial score (nSPS) is 10.4. The lowest BCUT2D eigenvalue weighted by Crippen LogP contribution is -2.16. The topological polar surface area (TPSA) is 98.0 Å². The van der Waals surface area contributed by atoms with Crippen molar-refractivity contribution >= 4 is 28.4 Å². The van der Waals surface area contributed by atoms with Crippen molar-refractivity contribution in [2.24, 2.45) is 5.73 Å². The van der Waals surface area contributed by atoms with Gasteiger partial charge >= 0.3 is 0 Å². The number of hydrogen-bond acceptors (Lipinski definition) is 4. The average molecular weight is 292 g/mol. The van der Waals surface area contributed by atoms with Gasteiger partial charge in [-0.25, -0.2) is 4.98 Å². The lowest BCUT2D eigenvalue weighted by Gasteiger charge is -2.05. The third-order valence-electron chi connectivity index (χ3n) is 3.15. The Balaban J connectivity index is 1.86. The molecule has 0 fully saturated rings. The van der Waals surface area contributed by atoms with E-state index < -0.39 is 11.8 Å². The SMILES string of the molecule is NC(=O)c1ccnc(NC(=O)c2cc3ccccc3cn2)c1. The van der Waals surface area contributed by atoms with Crippen molar-refractivity contribution in [3.8, 4) is 0 Å². The average Bonchev–Trinajstić information content (AvgIpc) is 2.54. The van der Waals surface area contributed by atoms with Crippen molar-refractivity contribution in [3.63, 3.8) is 0 Å². The summed E-state index contributed by atoms with van der Waals surface area (Å²) in [5.74, 6) is -0.738. The van der Waals surface area contributed by atoms with Gasteiger partial charge in [-0.3, -0.25) is 14.6 Å². The van der Waals surface area contributed by atoms with E-state index in [0.29, 0.717) is 0 Å². The maximum atomic E-state index is 12.2. The maximum Gasteiger partial charge on any atom is 0.275 e. The molecule has 6 nitrogen and oxygen atoms in total. The van der Waals surface area contributed by atoms with Gasteiger partial charge in [0.2, 0.25) is 5.91 Å². The van der Waals surface area contributed by atoms with E-state index in [4.69, 9.17) is 5.73 Å². The van der Waals surface area contributed by atoms with Crippen LogP contribution >= 0.6 is 0 Å². The van der Waals surface area contributed by atoms with E-state index in [2.05, 4.69) is 15.3 Å². The molecule has 0 atom stereocenters. The lowest BCUT2D eigenvalue weighted by atomic mass is 10.1. The highest BCUT2D eigenvalue weighted by molar-refractivity contribution is 6.04. The smallest absolute Gasteiger partial charge is 0.275 e. The van der Waals surface area contributed by atoms with Crippen molar-refractivity contribution in [2.45, 2.75) is 0 Å². The molecule has 22 heavy (non-hydrogen) atoms. The van der Waals surface area contributed by atoms with Crippen molar-refractivity contribution < 1.29 is 9.59 Å². The molecule has 2 aromatic heterocycles. The van der Waals surface area contributed by atoms with Crippen LogP contribution in [0.2, 0.25) is 0 Å². The van der Waals surface area contributed by atoms with Crippen LogP contribution in [0.25, 0.3) is 10.8 Å². The Labute approximate surface area is 126 Å². The Morgan fingerprint density at radius 1 is 1.00 bits per heavy atom. The van der Waals surface area contributed by atoms with E-state index in [1.54, 1.807) is 12.3 Å². The van der Waals surface area contributed by atoms with Gasteiger partial charge in [0.15, 0.2) is 0 Å². The number of amides is 2. The number of pyridine rings is 2. The molecule has 0 aliphatic rings. The molecule has 0 radical (unpaired) electrons. The maximum absolute atomic E-state index is 12.2. The van der Waals surface area contributed by atoms with Gasteiger partial charge in [0, 0.05) is 23.3 Å². The predicted molar refractivity (Wildman–Crippen MR) is 82.5 cm³/mol. The first kappa shape index (κ1) is 13.7. The first-order valence-electron chi connectivity index (χ1n) is 6.55. The zero-order chi connectivity index (χ0) is 15.5. The fourth-order valence-electron chi connectivity index (χ4n) is 2.04. The number of nitrogens with zero attached hydrogens (tertiary/aromatic N) is 2. The molecular weight excluding hydrogens is 280 g/mol. The summed E-state index contributed by atoms with van der Waals surface area (Å²) in [6.07, 6.45) is 3.04.